The lowest BCUT2D eigenvalue weighted by Gasteiger charge is -2.13. The number of amides is 1. The number of halogens is 4. The van der Waals surface area contributed by atoms with Crippen molar-refractivity contribution in [1.82, 2.24) is 10.2 Å². The molecular weight excluding hydrogens is 363 g/mol. The van der Waals surface area contributed by atoms with Crippen LogP contribution in [0.25, 0.3) is 0 Å². The molecule has 0 aromatic heterocycles. The third-order valence-electron chi connectivity index (χ3n) is 3.36. The van der Waals surface area contributed by atoms with Gasteiger partial charge in [-0.1, -0.05) is 0 Å². The van der Waals surface area contributed by atoms with E-state index in [1.54, 1.807) is 24.3 Å². The minimum absolute atomic E-state index is 0. The standard InChI is InChI=1S/C15H21F2N3O2.2ClH/c1-20(2)7-8-22-12-5-3-11(4-6-12)19-14(21)13-9-15(16,17)10-18-13;;/h3-6,13,18H,7-10H2,1-2H3,(H,19,21);2*1H. The molecule has 0 saturated carbocycles. The predicted molar refractivity (Wildman–Crippen MR) is 95.0 cm³/mol. The fourth-order valence-electron chi connectivity index (χ4n) is 2.11. The highest BCUT2D eigenvalue weighted by Gasteiger charge is 2.42. The molecule has 9 heteroatoms. The van der Waals surface area contributed by atoms with Crippen molar-refractivity contribution in [3.05, 3.63) is 24.3 Å². The molecule has 1 amide bonds. The fourth-order valence-corrected chi connectivity index (χ4v) is 2.11. The highest BCUT2D eigenvalue weighted by atomic mass is 35.5. The number of hydrogen-bond donors (Lipinski definition) is 2. The van der Waals surface area contributed by atoms with Crippen LogP contribution in [-0.2, 0) is 4.79 Å². The molecule has 0 aliphatic carbocycles. The summed E-state index contributed by atoms with van der Waals surface area (Å²) in [6.45, 7) is 0.920. The number of rotatable bonds is 6. The minimum atomic E-state index is -2.81. The zero-order chi connectivity index (χ0) is 16.2. The van der Waals surface area contributed by atoms with Gasteiger partial charge in [0.2, 0.25) is 5.91 Å². The number of benzene rings is 1. The van der Waals surface area contributed by atoms with E-state index < -0.39 is 30.8 Å². The second-order valence-electron chi connectivity index (χ2n) is 5.66. The summed E-state index contributed by atoms with van der Waals surface area (Å²) in [5.41, 5.74) is 0.557. The molecule has 0 spiro atoms. The molecule has 1 aromatic carbocycles. The third kappa shape index (κ3) is 7.17. The smallest absolute Gasteiger partial charge is 0.262 e. The maximum atomic E-state index is 13.1. The van der Waals surface area contributed by atoms with E-state index in [-0.39, 0.29) is 24.8 Å². The Bertz CT molecular complexity index is 516. The van der Waals surface area contributed by atoms with Gasteiger partial charge in [0.05, 0.1) is 12.6 Å². The molecule has 1 saturated heterocycles. The fraction of sp³-hybridized carbons (Fsp3) is 0.533. The van der Waals surface area contributed by atoms with E-state index in [1.165, 1.54) is 0 Å². The van der Waals surface area contributed by atoms with Crippen LogP contribution >= 0.6 is 24.8 Å². The number of ether oxygens (including phenoxy) is 1. The second kappa shape index (κ2) is 9.98. The molecule has 24 heavy (non-hydrogen) atoms. The van der Waals surface area contributed by atoms with Crippen LogP contribution in [0.3, 0.4) is 0 Å². The average Bonchev–Trinajstić information content (AvgIpc) is 2.81. The van der Waals surface area contributed by atoms with Crippen LogP contribution in [0.1, 0.15) is 6.42 Å². The number of alkyl halides is 2. The molecule has 138 valence electrons. The lowest BCUT2D eigenvalue weighted by atomic mass is 10.2. The highest BCUT2D eigenvalue weighted by molar-refractivity contribution is 5.95. The van der Waals surface area contributed by atoms with Crippen molar-refractivity contribution in [2.45, 2.75) is 18.4 Å². The molecule has 1 fully saturated rings. The van der Waals surface area contributed by atoms with E-state index in [0.717, 1.165) is 6.54 Å². The first-order valence-corrected chi connectivity index (χ1v) is 7.15. The molecule has 1 aliphatic rings. The Balaban J connectivity index is 0.00000264. The van der Waals surface area contributed by atoms with Crippen molar-refractivity contribution in [3.8, 4) is 5.75 Å². The predicted octanol–water partition coefficient (Wildman–Crippen LogP) is 2.41. The molecule has 2 rings (SSSR count). The molecule has 1 aliphatic heterocycles. The van der Waals surface area contributed by atoms with E-state index in [9.17, 15) is 13.6 Å². The molecule has 1 heterocycles. The largest absolute Gasteiger partial charge is 0.492 e. The van der Waals surface area contributed by atoms with Crippen LogP contribution < -0.4 is 15.4 Å². The molecular formula is C15H23Cl2F2N3O2. The monoisotopic (exact) mass is 385 g/mol. The SMILES string of the molecule is CN(C)CCOc1ccc(NC(=O)C2CC(F)(F)CN2)cc1.Cl.Cl. The summed E-state index contributed by atoms with van der Waals surface area (Å²) >= 11 is 0. The van der Waals surface area contributed by atoms with Gasteiger partial charge in [-0.05, 0) is 38.4 Å². The van der Waals surface area contributed by atoms with Gasteiger partial charge in [0.15, 0.2) is 0 Å². The average molecular weight is 386 g/mol. The number of anilines is 1. The number of likely N-dealkylation sites (N-methyl/N-ethyl adjacent to an activating group) is 1. The molecule has 0 radical (unpaired) electrons. The summed E-state index contributed by atoms with van der Waals surface area (Å²) in [6.07, 6.45) is -0.468. The van der Waals surface area contributed by atoms with E-state index in [1.807, 2.05) is 19.0 Å². The Labute approximate surface area is 152 Å². The summed E-state index contributed by atoms with van der Waals surface area (Å²) in [7, 11) is 3.92. The summed E-state index contributed by atoms with van der Waals surface area (Å²) in [5, 5.41) is 5.15. The van der Waals surface area contributed by atoms with Crippen LogP contribution in [0.5, 0.6) is 5.75 Å². The number of nitrogens with zero attached hydrogens (tertiary/aromatic N) is 1. The Morgan fingerprint density at radius 2 is 1.96 bits per heavy atom. The molecule has 5 nitrogen and oxygen atoms in total. The van der Waals surface area contributed by atoms with Gasteiger partial charge in [0, 0.05) is 18.7 Å². The van der Waals surface area contributed by atoms with Gasteiger partial charge in [-0.2, -0.15) is 0 Å². The first kappa shape index (κ1) is 22.9. The maximum absolute atomic E-state index is 13.1. The van der Waals surface area contributed by atoms with E-state index in [2.05, 4.69) is 10.6 Å². The van der Waals surface area contributed by atoms with Crippen LogP contribution in [0.15, 0.2) is 24.3 Å². The van der Waals surface area contributed by atoms with E-state index >= 15 is 0 Å². The van der Waals surface area contributed by atoms with Crippen molar-refractivity contribution in [1.29, 1.82) is 0 Å². The van der Waals surface area contributed by atoms with Gasteiger partial charge in [0.25, 0.3) is 5.92 Å². The van der Waals surface area contributed by atoms with Crippen molar-refractivity contribution < 1.29 is 18.3 Å². The maximum Gasteiger partial charge on any atom is 0.262 e. The normalized spacial score (nSPS) is 18.5. The topological polar surface area (TPSA) is 53.6 Å². The quantitative estimate of drug-likeness (QED) is 0.789. The van der Waals surface area contributed by atoms with Crippen molar-refractivity contribution in [2.24, 2.45) is 0 Å². The summed E-state index contributed by atoms with van der Waals surface area (Å²) in [6, 6.07) is 6.00. The Morgan fingerprint density at radius 1 is 1.33 bits per heavy atom. The number of hydrogen-bond acceptors (Lipinski definition) is 4. The van der Waals surface area contributed by atoms with Gasteiger partial charge in [-0.3, -0.25) is 10.1 Å². The van der Waals surface area contributed by atoms with Crippen LogP contribution in [0, 0.1) is 0 Å². The first-order valence-electron chi connectivity index (χ1n) is 7.15. The minimum Gasteiger partial charge on any atom is -0.492 e. The molecule has 2 N–H and O–H groups in total. The van der Waals surface area contributed by atoms with Crippen molar-refractivity contribution >= 4 is 36.4 Å². The Hall–Kier alpha value is -1.15. The number of carbonyl (C=O) groups excluding carboxylic acids is 1. The first-order chi connectivity index (χ1) is 10.4. The molecule has 1 atom stereocenters. The van der Waals surface area contributed by atoms with Crippen LogP contribution in [0.4, 0.5) is 14.5 Å². The summed E-state index contributed by atoms with van der Waals surface area (Å²) in [5.74, 6) is -2.56. The zero-order valence-corrected chi connectivity index (χ0v) is 15.2. The molecule has 1 aromatic rings. The van der Waals surface area contributed by atoms with E-state index in [0.29, 0.717) is 18.0 Å². The molecule has 0 bridgehead atoms. The number of carbonyl (C=O) groups is 1. The lowest BCUT2D eigenvalue weighted by Crippen LogP contribution is -2.35. The Kier molecular flexibility index (Phi) is 9.50. The number of nitrogens with one attached hydrogen (secondary N) is 2. The van der Waals surface area contributed by atoms with Crippen LogP contribution in [0.2, 0.25) is 0 Å². The lowest BCUT2D eigenvalue weighted by molar-refractivity contribution is -0.118. The Morgan fingerprint density at radius 3 is 2.46 bits per heavy atom. The van der Waals surface area contributed by atoms with Gasteiger partial charge in [-0.15, -0.1) is 24.8 Å². The van der Waals surface area contributed by atoms with Gasteiger partial charge in [0.1, 0.15) is 12.4 Å². The summed E-state index contributed by atoms with van der Waals surface area (Å²) < 4.78 is 31.7. The van der Waals surface area contributed by atoms with E-state index in [4.69, 9.17) is 4.74 Å². The van der Waals surface area contributed by atoms with Crippen molar-refractivity contribution in [2.75, 3.05) is 39.1 Å². The van der Waals surface area contributed by atoms with Gasteiger partial charge in [-0.25, -0.2) is 8.78 Å². The van der Waals surface area contributed by atoms with Crippen molar-refractivity contribution in [3.63, 3.8) is 0 Å². The zero-order valence-electron chi connectivity index (χ0n) is 13.6. The summed E-state index contributed by atoms with van der Waals surface area (Å²) in [4.78, 5) is 13.9. The van der Waals surface area contributed by atoms with Crippen LogP contribution in [-0.4, -0.2) is 56.6 Å². The van der Waals surface area contributed by atoms with Gasteiger partial charge >= 0.3 is 0 Å². The highest BCUT2D eigenvalue weighted by Crippen LogP contribution is 2.26. The van der Waals surface area contributed by atoms with Gasteiger partial charge < -0.3 is 15.0 Å². The third-order valence-corrected chi connectivity index (χ3v) is 3.36. The second-order valence-corrected chi connectivity index (χ2v) is 5.66. The molecule has 1 unspecified atom stereocenters.